The third-order valence-corrected chi connectivity index (χ3v) is 8.15. The van der Waals surface area contributed by atoms with Crippen molar-refractivity contribution in [2.75, 3.05) is 6.61 Å². The van der Waals surface area contributed by atoms with Crippen molar-refractivity contribution in [1.82, 2.24) is 19.1 Å². The number of ketones is 1. The molecule has 43 heavy (non-hydrogen) atoms. The summed E-state index contributed by atoms with van der Waals surface area (Å²) < 4.78 is 21.1. The summed E-state index contributed by atoms with van der Waals surface area (Å²) in [6.07, 6.45) is 12.3. The van der Waals surface area contributed by atoms with E-state index in [0.717, 1.165) is 29.4 Å². The Kier molecular flexibility index (Phi) is 13.8. The lowest BCUT2D eigenvalue weighted by Crippen LogP contribution is -2.28. The van der Waals surface area contributed by atoms with Gasteiger partial charge in [0.1, 0.15) is 12.4 Å². The van der Waals surface area contributed by atoms with Gasteiger partial charge >= 0.3 is 11.7 Å². The van der Waals surface area contributed by atoms with Crippen molar-refractivity contribution in [1.29, 1.82) is 0 Å². The van der Waals surface area contributed by atoms with E-state index in [1.54, 1.807) is 29.8 Å². The van der Waals surface area contributed by atoms with Gasteiger partial charge in [-0.2, -0.15) is 4.98 Å². The highest BCUT2D eigenvalue weighted by Crippen LogP contribution is 2.22. The van der Waals surface area contributed by atoms with Gasteiger partial charge in [-0.05, 0) is 36.6 Å². The summed E-state index contributed by atoms with van der Waals surface area (Å²) in [7, 11) is 0. The van der Waals surface area contributed by atoms with Gasteiger partial charge in [-0.3, -0.25) is 19.0 Å². The molecule has 11 heteroatoms. The van der Waals surface area contributed by atoms with Crippen molar-refractivity contribution in [2.45, 2.75) is 96.1 Å². The normalized spacial score (nSPS) is 11.8. The molecule has 0 radical (unpaired) electrons. The van der Waals surface area contributed by atoms with Crippen molar-refractivity contribution in [3.8, 4) is 0 Å². The van der Waals surface area contributed by atoms with Crippen LogP contribution in [0.5, 0.6) is 0 Å². The molecule has 3 rings (SSSR count). The predicted molar refractivity (Wildman–Crippen MR) is 165 cm³/mol. The number of thioether (sulfide) groups is 1. The summed E-state index contributed by atoms with van der Waals surface area (Å²) in [4.78, 5) is 58.6. The summed E-state index contributed by atoms with van der Waals surface area (Å²) >= 11 is 1.30. The highest BCUT2D eigenvalue weighted by molar-refractivity contribution is 7.98. The van der Waals surface area contributed by atoms with Crippen LogP contribution in [0.2, 0.25) is 0 Å². The second kappa shape index (κ2) is 17.5. The highest BCUT2D eigenvalue weighted by Gasteiger charge is 2.18. The number of carbonyl (C=O) groups is 2. The summed E-state index contributed by atoms with van der Waals surface area (Å²) in [6.45, 7) is 5.76. The molecule has 3 aromatic rings. The lowest BCUT2D eigenvalue weighted by atomic mass is 9.98. The van der Waals surface area contributed by atoms with Gasteiger partial charge < -0.3 is 9.30 Å². The minimum atomic E-state index is -0.607. The monoisotopic (exact) mass is 612 g/mol. The first-order chi connectivity index (χ1) is 20.7. The van der Waals surface area contributed by atoms with Gasteiger partial charge in [0.25, 0.3) is 5.56 Å². The molecule has 0 spiro atoms. The first-order valence-corrected chi connectivity index (χ1v) is 15.9. The number of hydrogen-bond donors (Lipinski definition) is 0. The van der Waals surface area contributed by atoms with E-state index >= 15 is 0 Å². The van der Waals surface area contributed by atoms with Crippen LogP contribution in [-0.2, 0) is 39.6 Å². The number of Topliss-reactive ketones (excluding diaryl/α,β-unsaturated/α-hetero) is 1. The highest BCUT2D eigenvalue weighted by atomic mass is 32.2. The molecule has 0 aliphatic carbocycles. The maximum atomic E-state index is 13.4. The molecule has 2 aromatic heterocycles. The predicted octanol–water partition coefficient (Wildman–Crippen LogP) is 5.34. The van der Waals surface area contributed by atoms with E-state index in [9.17, 15) is 23.6 Å². The van der Waals surface area contributed by atoms with Crippen molar-refractivity contribution >= 4 is 23.5 Å². The second-order valence-corrected chi connectivity index (χ2v) is 11.6. The molecule has 0 saturated heterocycles. The molecule has 0 aliphatic heterocycles. The topological polar surface area (TPSA) is 113 Å². The lowest BCUT2D eigenvalue weighted by Gasteiger charge is -2.16. The molecule has 0 saturated carbocycles. The Morgan fingerprint density at radius 1 is 0.953 bits per heavy atom. The van der Waals surface area contributed by atoms with Gasteiger partial charge in [0.05, 0.1) is 13.2 Å². The Hall–Kier alpha value is -3.60. The zero-order chi connectivity index (χ0) is 31.2. The Morgan fingerprint density at radius 3 is 2.40 bits per heavy atom. The van der Waals surface area contributed by atoms with E-state index < -0.39 is 17.2 Å². The van der Waals surface area contributed by atoms with Crippen LogP contribution in [0.25, 0.3) is 0 Å². The molecule has 0 fully saturated rings. The first-order valence-electron chi connectivity index (χ1n) is 14.9. The van der Waals surface area contributed by atoms with Crippen molar-refractivity contribution in [2.24, 2.45) is 5.92 Å². The maximum Gasteiger partial charge on any atom is 0.348 e. The largest absolute Gasteiger partial charge is 0.465 e. The fourth-order valence-corrected chi connectivity index (χ4v) is 5.51. The van der Waals surface area contributed by atoms with E-state index in [2.05, 4.69) is 16.9 Å². The molecule has 0 bridgehead atoms. The summed E-state index contributed by atoms with van der Waals surface area (Å²) in [6, 6.07) is 6.10. The first kappa shape index (κ1) is 33.9. The average Bonchev–Trinajstić information content (AvgIpc) is 2.98. The fourth-order valence-electron chi connectivity index (χ4n) is 4.59. The van der Waals surface area contributed by atoms with Crippen LogP contribution in [-0.4, -0.2) is 37.5 Å². The number of hydrogen-bond acceptors (Lipinski definition) is 8. The van der Waals surface area contributed by atoms with E-state index in [4.69, 9.17) is 4.74 Å². The van der Waals surface area contributed by atoms with Crippen LogP contribution in [0.1, 0.15) is 82.4 Å². The number of unbranched alkanes of at least 4 members (excludes halogenated alkanes) is 5. The number of carbonyl (C=O) groups excluding carboxylic acids is 2. The zero-order valence-electron chi connectivity index (χ0n) is 25.2. The number of rotatable bonds is 18. The fraction of sp³-hybridized carbons (Fsp3) is 0.500. The van der Waals surface area contributed by atoms with Crippen molar-refractivity contribution in [3.05, 3.63) is 86.2 Å². The molecular weight excluding hydrogens is 571 g/mol. The van der Waals surface area contributed by atoms with E-state index in [0.29, 0.717) is 22.0 Å². The van der Waals surface area contributed by atoms with E-state index in [1.807, 2.05) is 6.92 Å². The molecule has 2 heterocycles. The Labute approximate surface area is 255 Å². The Bertz CT molecular complexity index is 1470. The molecule has 1 atom stereocenters. The van der Waals surface area contributed by atoms with Crippen molar-refractivity contribution < 1.29 is 18.7 Å². The number of aromatic nitrogens is 4. The van der Waals surface area contributed by atoms with Gasteiger partial charge in [0, 0.05) is 42.2 Å². The quantitative estimate of drug-likeness (QED) is 0.0819. The average molecular weight is 613 g/mol. The number of esters is 1. The van der Waals surface area contributed by atoms with Crippen LogP contribution >= 0.6 is 11.8 Å². The minimum Gasteiger partial charge on any atom is -0.465 e. The molecule has 9 nitrogen and oxygen atoms in total. The summed E-state index contributed by atoms with van der Waals surface area (Å²) in [5, 5.41) is 0.392. The molecule has 1 unspecified atom stereocenters. The van der Waals surface area contributed by atoms with Crippen LogP contribution in [0, 0.1) is 11.7 Å². The maximum absolute atomic E-state index is 13.4. The lowest BCUT2D eigenvalue weighted by molar-refractivity contribution is -0.143. The van der Waals surface area contributed by atoms with Crippen LogP contribution < -0.4 is 11.2 Å². The van der Waals surface area contributed by atoms with Gasteiger partial charge in [-0.1, -0.05) is 76.3 Å². The second-order valence-electron chi connectivity index (χ2n) is 10.7. The number of halogens is 1. The van der Waals surface area contributed by atoms with E-state index in [-0.39, 0.29) is 43.6 Å². The molecule has 1 aromatic carbocycles. The third kappa shape index (κ3) is 11.2. The van der Waals surface area contributed by atoms with Gasteiger partial charge in [-0.15, -0.1) is 0 Å². The molecular formula is C32H41FN4O5S. The van der Waals surface area contributed by atoms with Crippen LogP contribution in [0.4, 0.5) is 4.39 Å². The molecule has 0 amide bonds. The number of nitrogens with zero attached hydrogens (tertiary/aromatic N) is 4. The van der Waals surface area contributed by atoms with Crippen molar-refractivity contribution in [3.63, 3.8) is 0 Å². The number of benzene rings is 1. The van der Waals surface area contributed by atoms with Gasteiger partial charge in [-0.25, -0.2) is 14.2 Å². The molecule has 232 valence electrons. The smallest absolute Gasteiger partial charge is 0.348 e. The van der Waals surface area contributed by atoms with Crippen LogP contribution in [0.15, 0.2) is 57.6 Å². The Morgan fingerprint density at radius 2 is 1.67 bits per heavy atom. The molecule has 0 aliphatic rings. The Balaban J connectivity index is 1.81. The van der Waals surface area contributed by atoms with Gasteiger partial charge in [0.2, 0.25) is 0 Å². The zero-order valence-corrected chi connectivity index (χ0v) is 26.0. The van der Waals surface area contributed by atoms with Crippen LogP contribution in [0.3, 0.4) is 0 Å². The number of ether oxygens (including phenoxy) is 1. The van der Waals surface area contributed by atoms with E-state index in [1.165, 1.54) is 62.0 Å². The van der Waals surface area contributed by atoms with Gasteiger partial charge in [0.15, 0.2) is 10.9 Å². The standard InChI is InChI=1S/C32H41FN4O5S/c1-4-6-7-8-9-10-11-23(3)28(38)20-37-19-26(16-25-17-34-31(41)36(18-25)21-29(39)42-5-2)30(40)35-32(37)43-22-24-12-14-27(33)15-13-24/h12-15,17-19,23H,4-11,16,20-22H2,1-3H3. The minimum absolute atomic E-state index is 0.0539. The molecule has 0 N–H and O–H groups in total. The SMILES string of the molecule is CCCCCCCCC(C)C(=O)Cn1cc(Cc2cnc(=O)n(CC(=O)OCC)c2)c(=O)nc1SCc1ccc(F)cc1. The third-order valence-electron chi connectivity index (χ3n) is 7.08. The summed E-state index contributed by atoms with van der Waals surface area (Å²) in [5.74, 6) is -0.543. The summed E-state index contributed by atoms with van der Waals surface area (Å²) in [5.41, 5.74) is 0.641.